The Hall–Kier alpha value is -1.11. The molecule has 0 radical (unpaired) electrons. The molecule has 1 aliphatic rings. The van der Waals surface area contributed by atoms with E-state index in [1.165, 1.54) is 0 Å². The number of piperidine rings is 1. The van der Waals surface area contributed by atoms with E-state index in [9.17, 15) is 8.42 Å². The molecule has 1 saturated heterocycles. The van der Waals surface area contributed by atoms with E-state index < -0.39 is 10.0 Å². The summed E-state index contributed by atoms with van der Waals surface area (Å²) in [6.45, 7) is 4.26. The van der Waals surface area contributed by atoms with Crippen molar-refractivity contribution in [2.24, 2.45) is 5.73 Å². The van der Waals surface area contributed by atoms with Crippen molar-refractivity contribution in [3.05, 3.63) is 23.8 Å². The van der Waals surface area contributed by atoms with Crippen LogP contribution in [0.4, 0.5) is 0 Å². The van der Waals surface area contributed by atoms with Crippen LogP contribution < -0.4 is 10.5 Å². The molecule has 1 fully saturated rings. The van der Waals surface area contributed by atoms with Gasteiger partial charge in [0.1, 0.15) is 5.75 Å². The van der Waals surface area contributed by atoms with Crippen LogP contribution in [0.25, 0.3) is 0 Å². The molecule has 21 heavy (non-hydrogen) atoms. The molecule has 0 aliphatic carbocycles. The Morgan fingerprint density at radius 1 is 1.38 bits per heavy atom. The summed E-state index contributed by atoms with van der Waals surface area (Å²) in [7, 11) is -1.93. The first-order chi connectivity index (χ1) is 9.87. The van der Waals surface area contributed by atoms with E-state index in [0.29, 0.717) is 17.2 Å². The number of hydrogen-bond donors (Lipinski definition) is 1. The maximum absolute atomic E-state index is 12.9. The minimum absolute atomic E-state index is 0.119. The van der Waals surface area contributed by atoms with E-state index in [0.717, 1.165) is 24.8 Å². The molecule has 0 spiro atoms. The zero-order valence-corrected chi connectivity index (χ0v) is 13.7. The minimum Gasteiger partial charge on any atom is -0.496 e. The van der Waals surface area contributed by atoms with Gasteiger partial charge in [0.25, 0.3) is 0 Å². The van der Waals surface area contributed by atoms with Crippen LogP contribution in [0.3, 0.4) is 0 Å². The molecule has 5 nitrogen and oxygen atoms in total. The number of ether oxygens (including phenoxy) is 1. The standard InChI is InChI=1S/C15H24N2O3S/c1-11-10-13(7-8-15(11)20-3)21(18,19)17-9-5-4-6-14(17)12(2)16/h7-8,10,12,14H,4-6,9,16H2,1-3H3/t12-,14-/m0/s1. The Bertz CT molecular complexity index is 599. The van der Waals surface area contributed by atoms with Crippen molar-refractivity contribution in [2.45, 2.75) is 50.1 Å². The number of aryl methyl sites for hydroxylation is 1. The van der Waals surface area contributed by atoms with E-state index in [4.69, 9.17) is 10.5 Å². The predicted molar refractivity (Wildman–Crippen MR) is 82.9 cm³/mol. The third-order valence-corrected chi connectivity index (χ3v) is 6.00. The van der Waals surface area contributed by atoms with Crippen molar-refractivity contribution in [3.63, 3.8) is 0 Å². The summed E-state index contributed by atoms with van der Waals surface area (Å²) in [6.07, 6.45) is 2.74. The monoisotopic (exact) mass is 312 g/mol. The molecule has 1 aliphatic heterocycles. The van der Waals surface area contributed by atoms with Crippen molar-refractivity contribution in [2.75, 3.05) is 13.7 Å². The van der Waals surface area contributed by atoms with Crippen molar-refractivity contribution in [1.29, 1.82) is 0 Å². The molecule has 0 amide bonds. The fourth-order valence-corrected chi connectivity index (χ4v) is 4.76. The van der Waals surface area contributed by atoms with E-state index in [1.807, 2.05) is 13.8 Å². The van der Waals surface area contributed by atoms with Gasteiger partial charge in [0.15, 0.2) is 0 Å². The maximum Gasteiger partial charge on any atom is 0.243 e. The highest BCUT2D eigenvalue weighted by molar-refractivity contribution is 7.89. The molecule has 1 aromatic carbocycles. The van der Waals surface area contributed by atoms with E-state index in [-0.39, 0.29) is 12.1 Å². The first kappa shape index (κ1) is 16.3. The molecule has 0 unspecified atom stereocenters. The Labute approximate surface area is 127 Å². The summed E-state index contributed by atoms with van der Waals surface area (Å²) in [5.41, 5.74) is 6.79. The van der Waals surface area contributed by atoms with Crippen molar-refractivity contribution in [1.82, 2.24) is 4.31 Å². The van der Waals surface area contributed by atoms with E-state index in [2.05, 4.69) is 0 Å². The van der Waals surface area contributed by atoms with Gasteiger partial charge in [0.05, 0.1) is 12.0 Å². The average Bonchev–Trinajstić information content (AvgIpc) is 2.47. The van der Waals surface area contributed by atoms with Crippen LogP contribution in [0, 0.1) is 6.92 Å². The lowest BCUT2D eigenvalue weighted by Crippen LogP contribution is -2.51. The fraction of sp³-hybridized carbons (Fsp3) is 0.600. The maximum atomic E-state index is 12.9. The topological polar surface area (TPSA) is 72.6 Å². The molecular formula is C15H24N2O3S. The Morgan fingerprint density at radius 2 is 2.10 bits per heavy atom. The summed E-state index contributed by atoms with van der Waals surface area (Å²) >= 11 is 0. The summed E-state index contributed by atoms with van der Waals surface area (Å²) in [5, 5.41) is 0. The quantitative estimate of drug-likeness (QED) is 0.921. The number of methoxy groups -OCH3 is 1. The normalized spacial score (nSPS) is 22.0. The van der Waals surface area contributed by atoms with Crippen LogP contribution in [0.5, 0.6) is 5.75 Å². The molecular weight excluding hydrogens is 288 g/mol. The Balaban J connectivity index is 2.38. The lowest BCUT2D eigenvalue weighted by molar-refractivity contribution is 0.227. The van der Waals surface area contributed by atoms with Crippen LogP contribution in [0.2, 0.25) is 0 Å². The molecule has 0 saturated carbocycles. The summed E-state index contributed by atoms with van der Waals surface area (Å²) < 4.78 is 32.5. The number of rotatable bonds is 4. The van der Waals surface area contributed by atoms with E-state index >= 15 is 0 Å². The molecule has 6 heteroatoms. The Kier molecular flexibility index (Phi) is 4.91. The van der Waals surface area contributed by atoms with Gasteiger partial charge < -0.3 is 10.5 Å². The number of nitrogens with zero attached hydrogens (tertiary/aromatic N) is 1. The molecule has 2 N–H and O–H groups in total. The third kappa shape index (κ3) is 3.22. The van der Waals surface area contributed by atoms with Gasteiger partial charge in [-0.05, 0) is 50.5 Å². The van der Waals surface area contributed by atoms with Gasteiger partial charge >= 0.3 is 0 Å². The molecule has 1 heterocycles. The number of benzene rings is 1. The van der Waals surface area contributed by atoms with Gasteiger partial charge in [0.2, 0.25) is 10.0 Å². The first-order valence-electron chi connectivity index (χ1n) is 7.30. The van der Waals surface area contributed by atoms with Crippen molar-refractivity contribution < 1.29 is 13.2 Å². The number of nitrogens with two attached hydrogens (primary N) is 1. The summed E-state index contributed by atoms with van der Waals surface area (Å²) in [6, 6.07) is 4.69. The second-order valence-electron chi connectivity index (χ2n) is 5.67. The lowest BCUT2D eigenvalue weighted by atomic mass is 10.00. The molecule has 1 aromatic rings. The van der Waals surface area contributed by atoms with Crippen LogP contribution in [0.1, 0.15) is 31.7 Å². The molecule has 2 rings (SSSR count). The third-order valence-electron chi connectivity index (χ3n) is 4.08. The van der Waals surface area contributed by atoms with Gasteiger partial charge in [-0.2, -0.15) is 4.31 Å². The Morgan fingerprint density at radius 3 is 2.67 bits per heavy atom. The highest BCUT2D eigenvalue weighted by atomic mass is 32.2. The smallest absolute Gasteiger partial charge is 0.243 e. The number of hydrogen-bond acceptors (Lipinski definition) is 4. The van der Waals surface area contributed by atoms with Crippen molar-refractivity contribution in [3.8, 4) is 5.75 Å². The van der Waals surface area contributed by atoms with Gasteiger partial charge in [-0.25, -0.2) is 8.42 Å². The van der Waals surface area contributed by atoms with Crippen LogP contribution in [0.15, 0.2) is 23.1 Å². The first-order valence-corrected chi connectivity index (χ1v) is 8.74. The van der Waals surface area contributed by atoms with Gasteiger partial charge in [-0.1, -0.05) is 6.42 Å². The molecule has 2 atom stereocenters. The van der Waals surface area contributed by atoms with Gasteiger partial charge in [0, 0.05) is 18.6 Å². The number of sulfonamides is 1. The summed E-state index contributed by atoms with van der Waals surface area (Å²) in [5.74, 6) is 0.691. The zero-order chi connectivity index (χ0) is 15.6. The second-order valence-corrected chi connectivity index (χ2v) is 7.56. The highest BCUT2D eigenvalue weighted by Gasteiger charge is 2.35. The molecule has 0 aromatic heterocycles. The highest BCUT2D eigenvalue weighted by Crippen LogP contribution is 2.29. The van der Waals surface area contributed by atoms with Gasteiger partial charge in [-0.3, -0.25) is 0 Å². The minimum atomic E-state index is -3.51. The van der Waals surface area contributed by atoms with Crippen molar-refractivity contribution >= 4 is 10.0 Å². The second kappa shape index (κ2) is 6.34. The fourth-order valence-electron chi connectivity index (χ4n) is 2.90. The molecule has 118 valence electrons. The van der Waals surface area contributed by atoms with Crippen LogP contribution >= 0.6 is 0 Å². The lowest BCUT2D eigenvalue weighted by Gasteiger charge is -2.37. The van der Waals surface area contributed by atoms with Crippen LogP contribution in [-0.2, 0) is 10.0 Å². The largest absolute Gasteiger partial charge is 0.496 e. The van der Waals surface area contributed by atoms with E-state index in [1.54, 1.807) is 29.6 Å². The van der Waals surface area contributed by atoms with Crippen LogP contribution in [-0.4, -0.2) is 38.5 Å². The molecule has 0 bridgehead atoms. The zero-order valence-electron chi connectivity index (χ0n) is 12.9. The average molecular weight is 312 g/mol. The van der Waals surface area contributed by atoms with Gasteiger partial charge in [-0.15, -0.1) is 0 Å². The SMILES string of the molecule is COc1ccc(S(=O)(=O)N2CCCC[C@H]2[C@H](C)N)cc1C. The summed E-state index contributed by atoms with van der Waals surface area (Å²) in [4.78, 5) is 0.313. The predicted octanol–water partition coefficient (Wildman–Crippen LogP) is 1.89.